The predicted molar refractivity (Wildman–Crippen MR) is 111 cm³/mol. The largest absolute Gasteiger partial charge is 0.416 e. The van der Waals surface area contributed by atoms with E-state index in [1.807, 2.05) is 0 Å². The van der Waals surface area contributed by atoms with Crippen molar-refractivity contribution in [3.63, 3.8) is 0 Å². The minimum absolute atomic E-state index is 0.0230. The van der Waals surface area contributed by atoms with Crippen molar-refractivity contribution in [1.82, 2.24) is 5.32 Å². The first-order chi connectivity index (χ1) is 14.6. The number of sulfonamides is 1. The lowest BCUT2D eigenvalue weighted by molar-refractivity contribution is -0.137. The lowest BCUT2D eigenvalue weighted by Crippen LogP contribution is -2.23. The van der Waals surface area contributed by atoms with Crippen LogP contribution in [0.15, 0.2) is 77.7 Å². The van der Waals surface area contributed by atoms with Gasteiger partial charge in [0.05, 0.1) is 16.1 Å². The smallest absolute Gasteiger partial charge is 0.348 e. The third-order valence-electron chi connectivity index (χ3n) is 4.52. The molecule has 3 rings (SSSR count). The average Bonchev–Trinajstić information content (AvgIpc) is 2.73. The second-order valence-electron chi connectivity index (χ2n) is 6.83. The fourth-order valence-corrected chi connectivity index (χ4v) is 3.95. The summed E-state index contributed by atoms with van der Waals surface area (Å²) in [4.78, 5) is 12.3. The molecule has 0 aromatic heterocycles. The molecule has 0 aliphatic rings. The summed E-state index contributed by atoms with van der Waals surface area (Å²) in [6.45, 7) is 1.67. The second-order valence-corrected chi connectivity index (χ2v) is 8.51. The Labute approximate surface area is 178 Å². The molecule has 0 heterocycles. The standard InChI is InChI=1S/C22H19F3N2O3S/c1-15-5-2-3-8-20(15)27-31(29,30)19-11-9-17(10-12-19)21(28)26-14-16-6-4-7-18(13-16)22(23,24)25/h2-13,27H,14H2,1H3,(H,26,28). The van der Waals surface area contributed by atoms with Crippen LogP contribution in [0.3, 0.4) is 0 Å². The lowest BCUT2D eigenvalue weighted by atomic mass is 10.1. The van der Waals surface area contributed by atoms with E-state index >= 15 is 0 Å². The first kappa shape index (κ1) is 22.4. The summed E-state index contributed by atoms with van der Waals surface area (Å²) in [6, 6.07) is 16.8. The van der Waals surface area contributed by atoms with E-state index in [9.17, 15) is 26.4 Å². The van der Waals surface area contributed by atoms with E-state index in [0.717, 1.165) is 17.7 Å². The Kier molecular flexibility index (Phi) is 6.35. The second kappa shape index (κ2) is 8.81. The molecule has 0 aliphatic heterocycles. The van der Waals surface area contributed by atoms with Crippen LogP contribution in [0.5, 0.6) is 0 Å². The number of hydrogen-bond acceptors (Lipinski definition) is 3. The molecule has 0 unspecified atom stereocenters. The van der Waals surface area contributed by atoms with Crippen molar-refractivity contribution in [2.75, 3.05) is 4.72 Å². The number of carbonyl (C=O) groups excluding carboxylic acids is 1. The van der Waals surface area contributed by atoms with Crippen molar-refractivity contribution in [2.24, 2.45) is 0 Å². The SMILES string of the molecule is Cc1ccccc1NS(=O)(=O)c1ccc(C(=O)NCc2cccc(C(F)(F)F)c2)cc1. The highest BCUT2D eigenvalue weighted by Crippen LogP contribution is 2.29. The topological polar surface area (TPSA) is 75.3 Å². The molecule has 0 bridgehead atoms. The van der Waals surface area contributed by atoms with Gasteiger partial charge in [-0.3, -0.25) is 9.52 Å². The quantitative estimate of drug-likeness (QED) is 0.572. The number of benzene rings is 3. The predicted octanol–water partition coefficient (Wildman–Crippen LogP) is 4.74. The molecule has 3 aromatic carbocycles. The molecule has 1 amide bonds. The first-order valence-electron chi connectivity index (χ1n) is 9.19. The van der Waals surface area contributed by atoms with Gasteiger partial charge < -0.3 is 5.32 Å². The van der Waals surface area contributed by atoms with Crippen molar-refractivity contribution in [2.45, 2.75) is 24.5 Å². The lowest BCUT2D eigenvalue weighted by Gasteiger charge is -2.11. The molecule has 5 nitrogen and oxygen atoms in total. The van der Waals surface area contributed by atoms with E-state index in [1.165, 1.54) is 36.4 Å². The van der Waals surface area contributed by atoms with E-state index in [-0.39, 0.29) is 17.0 Å². The molecule has 0 radical (unpaired) electrons. The normalized spacial score (nSPS) is 11.7. The van der Waals surface area contributed by atoms with Crippen LogP contribution >= 0.6 is 0 Å². The summed E-state index contributed by atoms with van der Waals surface area (Å²) >= 11 is 0. The average molecular weight is 448 g/mol. The van der Waals surface area contributed by atoms with Gasteiger partial charge in [0.2, 0.25) is 0 Å². The van der Waals surface area contributed by atoms with Crippen molar-refractivity contribution in [1.29, 1.82) is 0 Å². The van der Waals surface area contributed by atoms with Crippen LogP contribution in [-0.2, 0) is 22.7 Å². The molecule has 9 heteroatoms. The molecule has 0 atom stereocenters. The van der Waals surface area contributed by atoms with E-state index < -0.39 is 27.7 Å². The number of rotatable bonds is 6. The first-order valence-corrected chi connectivity index (χ1v) is 10.7. The van der Waals surface area contributed by atoms with Crippen LogP contribution in [0.2, 0.25) is 0 Å². The van der Waals surface area contributed by atoms with Crippen molar-refractivity contribution >= 4 is 21.6 Å². The molecular formula is C22H19F3N2O3S. The molecule has 0 aliphatic carbocycles. The van der Waals surface area contributed by atoms with Gasteiger partial charge in [0, 0.05) is 12.1 Å². The number of halogens is 3. The van der Waals surface area contributed by atoms with Crippen LogP contribution in [0.1, 0.15) is 27.0 Å². The van der Waals surface area contributed by atoms with Gasteiger partial charge in [-0.25, -0.2) is 8.42 Å². The van der Waals surface area contributed by atoms with Crippen LogP contribution in [0, 0.1) is 6.92 Å². The monoisotopic (exact) mass is 448 g/mol. The summed E-state index contributed by atoms with van der Waals surface area (Å²) in [5.41, 5.74) is 0.892. The molecular weight excluding hydrogens is 429 g/mol. The number of carbonyl (C=O) groups is 1. The fourth-order valence-electron chi connectivity index (χ4n) is 2.82. The van der Waals surface area contributed by atoms with Gasteiger partial charge in [-0.1, -0.05) is 30.3 Å². The van der Waals surface area contributed by atoms with Crippen molar-refractivity contribution in [3.05, 3.63) is 95.1 Å². The van der Waals surface area contributed by atoms with Gasteiger partial charge in [0.15, 0.2) is 0 Å². The maximum Gasteiger partial charge on any atom is 0.416 e. The Morgan fingerprint density at radius 2 is 1.61 bits per heavy atom. The maximum absolute atomic E-state index is 12.8. The molecule has 0 spiro atoms. The van der Waals surface area contributed by atoms with Crippen LogP contribution in [0.25, 0.3) is 0 Å². The van der Waals surface area contributed by atoms with Crippen LogP contribution in [-0.4, -0.2) is 14.3 Å². The Hall–Kier alpha value is -3.33. The van der Waals surface area contributed by atoms with E-state index in [1.54, 1.807) is 31.2 Å². The summed E-state index contributed by atoms with van der Waals surface area (Å²) in [5.74, 6) is -0.534. The third kappa shape index (κ3) is 5.64. The van der Waals surface area contributed by atoms with E-state index in [2.05, 4.69) is 10.0 Å². The van der Waals surface area contributed by atoms with Gasteiger partial charge in [0.1, 0.15) is 0 Å². The minimum Gasteiger partial charge on any atom is -0.348 e. The molecule has 31 heavy (non-hydrogen) atoms. The highest BCUT2D eigenvalue weighted by atomic mass is 32.2. The van der Waals surface area contributed by atoms with Gasteiger partial charge in [0.25, 0.3) is 15.9 Å². The zero-order valence-electron chi connectivity index (χ0n) is 16.4. The van der Waals surface area contributed by atoms with Gasteiger partial charge >= 0.3 is 6.18 Å². The van der Waals surface area contributed by atoms with E-state index in [4.69, 9.17) is 0 Å². The highest BCUT2D eigenvalue weighted by Gasteiger charge is 2.30. The molecule has 2 N–H and O–H groups in total. The summed E-state index contributed by atoms with van der Waals surface area (Å²) in [5, 5.41) is 2.53. The van der Waals surface area contributed by atoms with Gasteiger partial charge in [-0.05, 0) is 60.5 Å². The zero-order chi connectivity index (χ0) is 22.6. The van der Waals surface area contributed by atoms with E-state index in [0.29, 0.717) is 11.3 Å². The number of nitrogens with one attached hydrogen (secondary N) is 2. The highest BCUT2D eigenvalue weighted by molar-refractivity contribution is 7.92. The summed E-state index contributed by atoms with van der Waals surface area (Å²) in [7, 11) is -3.84. The maximum atomic E-state index is 12.8. The number of para-hydroxylation sites is 1. The Morgan fingerprint density at radius 1 is 0.935 bits per heavy atom. The van der Waals surface area contributed by atoms with Crippen LogP contribution in [0.4, 0.5) is 18.9 Å². The molecule has 162 valence electrons. The summed E-state index contributed by atoms with van der Waals surface area (Å²) < 4.78 is 66.0. The number of alkyl halides is 3. The van der Waals surface area contributed by atoms with Gasteiger partial charge in [-0.15, -0.1) is 0 Å². The van der Waals surface area contributed by atoms with Gasteiger partial charge in [-0.2, -0.15) is 13.2 Å². The summed E-state index contributed by atoms with van der Waals surface area (Å²) in [6.07, 6.45) is -4.46. The third-order valence-corrected chi connectivity index (χ3v) is 5.90. The number of anilines is 1. The molecule has 3 aromatic rings. The molecule has 0 fully saturated rings. The Morgan fingerprint density at radius 3 is 2.26 bits per heavy atom. The van der Waals surface area contributed by atoms with Crippen molar-refractivity contribution in [3.8, 4) is 0 Å². The zero-order valence-corrected chi connectivity index (χ0v) is 17.2. The number of amides is 1. The Bertz CT molecular complexity index is 1190. The minimum atomic E-state index is -4.46. The molecule has 0 saturated heterocycles. The molecule has 0 saturated carbocycles. The number of aryl methyl sites for hydroxylation is 1. The van der Waals surface area contributed by atoms with Crippen LogP contribution < -0.4 is 10.0 Å². The number of hydrogen-bond donors (Lipinski definition) is 2. The fraction of sp³-hybridized carbons (Fsp3) is 0.136. The van der Waals surface area contributed by atoms with Crippen molar-refractivity contribution < 1.29 is 26.4 Å². The Balaban J connectivity index is 1.67.